The van der Waals surface area contributed by atoms with E-state index < -0.39 is 10.9 Å². The predicted molar refractivity (Wildman–Crippen MR) is 214 cm³/mol. The highest BCUT2D eigenvalue weighted by molar-refractivity contribution is 5.86. The van der Waals surface area contributed by atoms with Crippen molar-refractivity contribution in [3.63, 3.8) is 0 Å². The van der Waals surface area contributed by atoms with Crippen molar-refractivity contribution in [1.29, 1.82) is 0 Å². The van der Waals surface area contributed by atoms with Gasteiger partial charge in [0.2, 0.25) is 0 Å². The molecule has 0 amide bonds. The van der Waals surface area contributed by atoms with Gasteiger partial charge in [-0.15, -0.1) is 13.2 Å². The highest BCUT2D eigenvalue weighted by atomic mass is 16.5. The van der Waals surface area contributed by atoms with E-state index in [9.17, 15) is 9.59 Å². The first-order chi connectivity index (χ1) is 26.4. The molecule has 5 aromatic rings. The molecule has 8 heterocycles. The molecule has 11 rings (SSSR count). The fourth-order valence-electron chi connectivity index (χ4n) is 10.3. The Balaban J connectivity index is 1.14. The Labute approximate surface area is 315 Å². The molecule has 6 aliphatic heterocycles. The molecule has 10 atom stereocenters. The van der Waals surface area contributed by atoms with Crippen LogP contribution in [0.2, 0.25) is 0 Å². The molecule has 0 saturated carbocycles. The van der Waals surface area contributed by atoms with Crippen molar-refractivity contribution in [3.05, 3.63) is 118 Å². The molecule has 4 bridgehead atoms. The second-order valence-electron chi connectivity index (χ2n) is 15.7. The average molecular weight is 725 g/mol. The summed E-state index contributed by atoms with van der Waals surface area (Å²) in [5.74, 6) is 3.36. The zero-order chi connectivity index (χ0) is 37.1. The van der Waals surface area contributed by atoms with Crippen LogP contribution in [0.5, 0.6) is 11.5 Å². The zero-order valence-electron chi connectivity index (χ0n) is 31.0. The van der Waals surface area contributed by atoms with Crippen molar-refractivity contribution in [2.24, 2.45) is 23.7 Å². The number of nitrogens with zero attached hydrogens (tertiary/aromatic N) is 4. The lowest BCUT2D eigenvalue weighted by atomic mass is 9.72. The summed E-state index contributed by atoms with van der Waals surface area (Å²) < 4.78 is 11.3. The normalized spacial score (nSPS) is 28.5. The SMILES string of the molecule is C=CC1CN2CCC1CC2[C@H](Nc1c(N[C@H](c2ccnc3ccc(OC)cc23)C2CC3CCN2CC3C=C)c(=O)c1=O)c1ccnc2ccc(OC)cc12. The van der Waals surface area contributed by atoms with Crippen molar-refractivity contribution in [2.75, 3.05) is 51.0 Å². The molecular formula is C44H48N6O4. The summed E-state index contributed by atoms with van der Waals surface area (Å²) in [6, 6.07) is 15.6. The van der Waals surface area contributed by atoms with Crippen LogP contribution < -0.4 is 31.0 Å². The highest BCUT2D eigenvalue weighted by Crippen LogP contribution is 2.46. The van der Waals surface area contributed by atoms with Gasteiger partial charge < -0.3 is 20.1 Å². The summed E-state index contributed by atoms with van der Waals surface area (Å²) in [6.07, 6.45) is 12.0. The maximum Gasteiger partial charge on any atom is 0.253 e. The number of piperidine rings is 6. The molecule has 0 spiro atoms. The van der Waals surface area contributed by atoms with Gasteiger partial charge in [-0.1, -0.05) is 12.2 Å². The molecule has 10 nitrogen and oxygen atoms in total. The molecule has 54 heavy (non-hydrogen) atoms. The molecule has 8 unspecified atom stereocenters. The molecule has 0 radical (unpaired) electrons. The van der Waals surface area contributed by atoms with Gasteiger partial charge in [-0.05, 0) is 122 Å². The van der Waals surface area contributed by atoms with Crippen LogP contribution in [0.4, 0.5) is 11.4 Å². The second kappa shape index (κ2) is 14.0. The van der Waals surface area contributed by atoms with E-state index in [1.165, 1.54) is 0 Å². The molecule has 6 fully saturated rings. The zero-order valence-corrected chi connectivity index (χ0v) is 31.0. The van der Waals surface area contributed by atoms with Crippen LogP contribution >= 0.6 is 0 Å². The summed E-state index contributed by atoms with van der Waals surface area (Å²) in [6.45, 7) is 12.1. The van der Waals surface area contributed by atoms with E-state index in [4.69, 9.17) is 9.47 Å². The first-order valence-electron chi connectivity index (χ1n) is 19.3. The van der Waals surface area contributed by atoms with E-state index in [0.717, 1.165) is 96.3 Å². The van der Waals surface area contributed by atoms with Crippen LogP contribution in [0.1, 0.15) is 48.9 Å². The van der Waals surface area contributed by atoms with Gasteiger partial charge in [0.25, 0.3) is 10.9 Å². The molecule has 278 valence electrons. The second-order valence-corrected chi connectivity index (χ2v) is 15.7. The van der Waals surface area contributed by atoms with E-state index in [0.29, 0.717) is 35.0 Å². The van der Waals surface area contributed by atoms with Crippen LogP contribution in [-0.2, 0) is 0 Å². The van der Waals surface area contributed by atoms with Gasteiger partial charge in [0.1, 0.15) is 22.9 Å². The van der Waals surface area contributed by atoms with Gasteiger partial charge in [0, 0.05) is 48.3 Å². The maximum absolute atomic E-state index is 13.8. The van der Waals surface area contributed by atoms with Gasteiger partial charge in [-0.25, -0.2) is 0 Å². The number of anilines is 2. The molecule has 6 aliphatic rings. The van der Waals surface area contributed by atoms with Gasteiger partial charge in [0.15, 0.2) is 0 Å². The van der Waals surface area contributed by atoms with Gasteiger partial charge >= 0.3 is 0 Å². The van der Waals surface area contributed by atoms with Gasteiger partial charge in [0.05, 0.1) is 37.3 Å². The van der Waals surface area contributed by atoms with Crippen LogP contribution in [0.3, 0.4) is 0 Å². The molecule has 10 heteroatoms. The molecule has 2 aromatic heterocycles. The number of aromatic nitrogens is 2. The van der Waals surface area contributed by atoms with Crippen LogP contribution in [-0.4, -0.2) is 72.3 Å². The number of hydrogen-bond acceptors (Lipinski definition) is 10. The quantitative estimate of drug-likeness (QED) is 0.109. The number of ether oxygens (including phenoxy) is 2. The summed E-state index contributed by atoms with van der Waals surface area (Å²) in [4.78, 5) is 42.1. The fourth-order valence-corrected chi connectivity index (χ4v) is 10.3. The number of pyridine rings is 2. The van der Waals surface area contributed by atoms with E-state index in [1.54, 1.807) is 14.2 Å². The largest absolute Gasteiger partial charge is 0.497 e. The van der Waals surface area contributed by atoms with Crippen LogP contribution in [0.25, 0.3) is 21.8 Å². The van der Waals surface area contributed by atoms with Crippen molar-refractivity contribution in [1.82, 2.24) is 19.8 Å². The van der Waals surface area contributed by atoms with Crippen LogP contribution in [0.15, 0.2) is 95.8 Å². The number of methoxy groups -OCH3 is 2. The monoisotopic (exact) mass is 724 g/mol. The fraction of sp³-hybridized carbons (Fsp3) is 0.409. The number of benzene rings is 2. The molecule has 0 aliphatic carbocycles. The first-order valence-corrected chi connectivity index (χ1v) is 19.3. The summed E-state index contributed by atoms with van der Waals surface area (Å²) in [7, 11) is 3.33. The predicted octanol–water partition coefficient (Wildman–Crippen LogP) is 6.50. The molecule has 2 N–H and O–H groups in total. The van der Waals surface area contributed by atoms with E-state index in [2.05, 4.69) is 55.7 Å². The summed E-state index contributed by atoms with van der Waals surface area (Å²) in [5.41, 5.74) is 3.47. The maximum atomic E-state index is 13.8. The minimum atomic E-state index is -0.490. The topological polar surface area (TPSA) is 109 Å². The minimum absolute atomic E-state index is 0.0948. The Morgan fingerprint density at radius 1 is 0.704 bits per heavy atom. The van der Waals surface area contributed by atoms with Crippen molar-refractivity contribution >= 4 is 33.2 Å². The Bertz CT molecular complexity index is 2160. The standard InChI is InChI=1S/C44H48N6O4/c1-5-25-23-49-17-13-27(25)19-37(49)39(31-11-15-45-35-9-7-29(53-3)21-33(31)35)47-41-42(44(52)43(41)51)48-40(38-20-28-14-18-50(38)24-26(28)6-2)32-12-16-46-36-10-8-30(54-4)22-34(32)36/h5-12,15-16,21-22,25-28,37-40,47-48H,1-2,13-14,17-20,23-24H2,3-4H3/t25?,26?,27?,28?,37?,38?,39-,40-/m1/s1. The summed E-state index contributed by atoms with van der Waals surface area (Å²) in [5, 5.41) is 9.39. The van der Waals surface area contributed by atoms with Gasteiger partial charge in [-0.3, -0.25) is 29.4 Å². The third kappa shape index (κ3) is 5.78. The Kier molecular flexibility index (Phi) is 8.98. The third-order valence-corrected chi connectivity index (χ3v) is 13.2. The lowest BCUT2D eigenvalue weighted by molar-refractivity contribution is 0.0102. The lowest BCUT2D eigenvalue weighted by Gasteiger charge is -2.52. The first kappa shape index (κ1) is 34.7. The lowest BCUT2D eigenvalue weighted by Crippen LogP contribution is -2.57. The third-order valence-electron chi connectivity index (χ3n) is 13.2. The van der Waals surface area contributed by atoms with Crippen molar-refractivity contribution in [3.8, 4) is 11.5 Å². The number of hydrogen-bond donors (Lipinski definition) is 2. The van der Waals surface area contributed by atoms with Crippen molar-refractivity contribution < 1.29 is 9.47 Å². The minimum Gasteiger partial charge on any atom is -0.497 e. The average Bonchev–Trinajstić information content (AvgIpc) is 3.24. The van der Waals surface area contributed by atoms with E-state index >= 15 is 0 Å². The Morgan fingerprint density at radius 3 is 1.52 bits per heavy atom. The van der Waals surface area contributed by atoms with E-state index in [1.807, 2.05) is 60.9 Å². The van der Waals surface area contributed by atoms with Gasteiger partial charge in [-0.2, -0.15) is 0 Å². The smallest absolute Gasteiger partial charge is 0.253 e. The molecule has 3 aromatic carbocycles. The number of rotatable bonds is 12. The Hall–Kier alpha value is -5.06. The summed E-state index contributed by atoms with van der Waals surface area (Å²) >= 11 is 0. The number of fused-ring (bicyclic) bond motifs is 8. The highest BCUT2D eigenvalue weighted by Gasteiger charge is 2.46. The van der Waals surface area contributed by atoms with Crippen LogP contribution in [0, 0.1) is 23.7 Å². The van der Waals surface area contributed by atoms with E-state index in [-0.39, 0.29) is 24.2 Å². The molecular weight excluding hydrogens is 677 g/mol. The Morgan fingerprint density at radius 2 is 1.15 bits per heavy atom. The number of nitrogens with one attached hydrogen (secondary N) is 2. The van der Waals surface area contributed by atoms with Crippen molar-refractivity contribution in [2.45, 2.75) is 49.9 Å². The molecule has 6 saturated heterocycles.